The Balaban J connectivity index is 1.10. The van der Waals surface area contributed by atoms with Crippen molar-refractivity contribution in [1.82, 2.24) is 14.9 Å². The van der Waals surface area contributed by atoms with Crippen LogP contribution in [0.5, 0.6) is 0 Å². The third-order valence-corrected chi connectivity index (χ3v) is 9.84. The molecule has 1 aliphatic carbocycles. The highest BCUT2D eigenvalue weighted by molar-refractivity contribution is 7.10. The third kappa shape index (κ3) is 5.21. The molecule has 0 saturated heterocycles. The molecule has 0 atom stereocenters. The number of rotatable bonds is 6. The van der Waals surface area contributed by atoms with Gasteiger partial charge >= 0.3 is 0 Å². The number of aryl methyl sites for hydroxylation is 1. The Labute approximate surface area is 253 Å². The van der Waals surface area contributed by atoms with Crippen molar-refractivity contribution in [1.29, 1.82) is 0 Å². The van der Waals surface area contributed by atoms with E-state index in [0.29, 0.717) is 23.6 Å². The van der Waals surface area contributed by atoms with Crippen molar-refractivity contribution in [3.05, 3.63) is 133 Å². The van der Waals surface area contributed by atoms with Crippen LogP contribution in [-0.4, -0.2) is 27.3 Å². The van der Waals surface area contributed by atoms with E-state index in [1.807, 2.05) is 59.5 Å². The molecule has 2 aliphatic rings. The van der Waals surface area contributed by atoms with Gasteiger partial charge in [0.05, 0.1) is 29.6 Å². The summed E-state index contributed by atoms with van der Waals surface area (Å²) in [5.74, 6) is 0.783. The first-order valence-electron chi connectivity index (χ1n) is 14.4. The Kier molecular flexibility index (Phi) is 7.04. The van der Waals surface area contributed by atoms with E-state index in [1.165, 1.54) is 16.0 Å². The molecule has 0 radical (unpaired) electrons. The summed E-state index contributed by atoms with van der Waals surface area (Å²) in [7, 11) is 0. The van der Waals surface area contributed by atoms with Crippen LogP contribution in [-0.2, 0) is 29.6 Å². The maximum Gasteiger partial charge on any atom is 0.256 e. The molecule has 5 nitrogen and oxygen atoms in total. The molecule has 0 bridgehead atoms. The number of hydrogen-bond donors (Lipinski definition) is 1. The highest BCUT2D eigenvalue weighted by atomic mass is 35.5. The minimum atomic E-state index is -0.221. The number of carbonyl (C=O) groups excluding carboxylic acids is 1. The van der Waals surface area contributed by atoms with Crippen LogP contribution in [0.4, 0.5) is 0 Å². The van der Waals surface area contributed by atoms with E-state index in [2.05, 4.69) is 40.7 Å². The van der Waals surface area contributed by atoms with Crippen molar-refractivity contribution in [3.8, 4) is 22.3 Å². The average Bonchev–Trinajstić information content (AvgIpc) is 3.72. The van der Waals surface area contributed by atoms with E-state index >= 15 is 0 Å². The number of benzene rings is 3. The summed E-state index contributed by atoms with van der Waals surface area (Å²) < 4.78 is 0. The van der Waals surface area contributed by atoms with Gasteiger partial charge in [-0.05, 0) is 77.1 Å². The van der Waals surface area contributed by atoms with Gasteiger partial charge in [0.1, 0.15) is 5.82 Å². The number of H-pyrrole nitrogens is 1. The van der Waals surface area contributed by atoms with Crippen LogP contribution in [0.3, 0.4) is 0 Å². The zero-order valence-corrected chi connectivity index (χ0v) is 24.7. The summed E-state index contributed by atoms with van der Waals surface area (Å²) in [5.41, 5.74) is 6.47. The van der Waals surface area contributed by atoms with E-state index < -0.39 is 0 Å². The molecule has 3 aromatic carbocycles. The molecule has 1 fully saturated rings. The zero-order chi connectivity index (χ0) is 28.7. The number of nitrogens with one attached hydrogen (secondary N) is 1. The fraction of sp³-hybridized carbons (Fsp3) is 0.229. The van der Waals surface area contributed by atoms with Gasteiger partial charge in [-0.2, -0.15) is 0 Å². The molecule has 1 aliphatic heterocycles. The van der Waals surface area contributed by atoms with Gasteiger partial charge in [-0.15, -0.1) is 11.3 Å². The predicted molar refractivity (Wildman–Crippen MR) is 169 cm³/mol. The number of aromatic nitrogens is 2. The van der Waals surface area contributed by atoms with Gasteiger partial charge in [-0.25, -0.2) is 4.98 Å². The van der Waals surface area contributed by atoms with Gasteiger partial charge in [-0.3, -0.25) is 9.59 Å². The van der Waals surface area contributed by atoms with Crippen LogP contribution in [0, 0.1) is 0 Å². The molecule has 3 heterocycles. The van der Waals surface area contributed by atoms with Crippen molar-refractivity contribution < 1.29 is 4.79 Å². The van der Waals surface area contributed by atoms with E-state index in [9.17, 15) is 9.59 Å². The molecule has 7 heteroatoms. The first kappa shape index (κ1) is 26.9. The summed E-state index contributed by atoms with van der Waals surface area (Å²) in [5, 5.41) is 2.87. The fourth-order valence-corrected chi connectivity index (χ4v) is 7.34. The van der Waals surface area contributed by atoms with E-state index in [1.54, 1.807) is 11.3 Å². The largest absolute Gasteiger partial charge is 0.338 e. The molecule has 0 unspecified atom stereocenters. The first-order valence-corrected chi connectivity index (χ1v) is 15.6. The van der Waals surface area contributed by atoms with Crippen LogP contribution < -0.4 is 5.56 Å². The number of carbonyl (C=O) groups is 1. The number of fused-ring (bicyclic) bond motifs is 1. The van der Waals surface area contributed by atoms with E-state index in [0.717, 1.165) is 47.5 Å². The van der Waals surface area contributed by atoms with Gasteiger partial charge in [0, 0.05) is 16.4 Å². The minimum absolute atomic E-state index is 0.0141. The Morgan fingerprint density at radius 3 is 2.48 bits per heavy atom. The fourth-order valence-electron chi connectivity index (χ4n) is 5.97. The van der Waals surface area contributed by atoms with Crippen molar-refractivity contribution in [2.75, 3.05) is 6.54 Å². The molecule has 1 N–H and O–H groups in total. The maximum absolute atomic E-state index is 13.5. The number of nitrogens with zero attached hydrogens (tertiary/aromatic N) is 2. The van der Waals surface area contributed by atoms with Crippen LogP contribution >= 0.6 is 22.9 Å². The number of hydrogen-bond acceptors (Lipinski definition) is 4. The highest BCUT2D eigenvalue weighted by Gasteiger charge is 2.50. The van der Waals surface area contributed by atoms with Gasteiger partial charge in [0.25, 0.3) is 5.56 Å². The zero-order valence-electron chi connectivity index (χ0n) is 23.1. The summed E-state index contributed by atoms with van der Waals surface area (Å²) >= 11 is 7.93. The van der Waals surface area contributed by atoms with Crippen molar-refractivity contribution >= 4 is 28.8 Å². The lowest BCUT2D eigenvalue weighted by Gasteiger charge is -2.21. The summed E-state index contributed by atoms with van der Waals surface area (Å²) in [6, 6.07) is 28.3. The Hall–Kier alpha value is -4.00. The molecule has 1 saturated carbocycles. The summed E-state index contributed by atoms with van der Waals surface area (Å²) in [6.45, 7) is 0.892. The van der Waals surface area contributed by atoms with Crippen molar-refractivity contribution in [2.45, 2.75) is 44.1 Å². The highest BCUT2D eigenvalue weighted by Crippen LogP contribution is 2.54. The molecule has 0 spiro atoms. The van der Waals surface area contributed by atoms with Gasteiger partial charge in [0.15, 0.2) is 0 Å². The normalized spacial score (nSPS) is 15.6. The van der Waals surface area contributed by atoms with Crippen LogP contribution in [0.2, 0.25) is 5.02 Å². The standard InChI is InChI=1S/C35H30ClN3O2S/c36-28-12-5-11-26(19-28)25-10-4-7-23(17-25)18-32(40)39-16-6-13-30-29(21-39)33(41)38-34(37-30)35(14-15-35)31-20-27(22-42-31)24-8-2-1-3-9-24/h1-5,7-12,17,19-20,22H,6,13-16,18,21H2,(H,37,38,41). The molecule has 2 aromatic heterocycles. The smallest absolute Gasteiger partial charge is 0.256 e. The number of thiophene rings is 1. The summed E-state index contributed by atoms with van der Waals surface area (Å²) in [4.78, 5) is 38.2. The second kappa shape index (κ2) is 11.0. The molecule has 7 rings (SSSR count). The van der Waals surface area contributed by atoms with Crippen LogP contribution in [0.1, 0.15) is 46.8 Å². The maximum atomic E-state index is 13.5. The second-order valence-electron chi connectivity index (χ2n) is 11.3. The van der Waals surface area contributed by atoms with Crippen LogP contribution in [0.15, 0.2) is 95.1 Å². The lowest BCUT2D eigenvalue weighted by atomic mass is 10.0. The predicted octanol–water partition coefficient (Wildman–Crippen LogP) is 7.42. The SMILES string of the molecule is O=C(Cc1cccc(-c2cccc(Cl)c2)c1)N1CCCc2nc(C3(c4cc(-c5ccccc5)cs4)CC3)[nH]c(=O)c2C1. The van der Waals surface area contributed by atoms with E-state index in [-0.39, 0.29) is 29.8 Å². The quantitative estimate of drug-likeness (QED) is 0.223. The lowest BCUT2D eigenvalue weighted by molar-refractivity contribution is -0.131. The third-order valence-electron chi connectivity index (χ3n) is 8.47. The molecule has 210 valence electrons. The Bertz CT molecular complexity index is 1840. The number of halogens is 1. The van der Waals surface area contributed by atoms with Crippen molar-refractivity contribution in [3.63, 3.8) is 0 Å². The Morgan fingerprint density at radius 2 is 1.69 bits per heavy atom. The number of amides is 1. The minimum Gasteiger partial charge on any atom is -0.338 e. The van der Waals surface area contributed by atoms with Gasteiger partial charge < -0.3 is 9.88 Å². The summed E-state index contributed by atoms with van der Waals surface area (Å²) in [6.07, 6.45) is 3.69. The van der Waals surface area contributed by atoms with Crippen molar-refractivity contribution in [2.24, 2.45) is 0 Å². The monoisotopic (exact) mass is 591 g/mol. The van der Waals surface area contributed by atoms with E-state index in [4.69, 9.17) is 16.6 Å². The molecular formula is C35H30ClN3O2S. The molecule has 42 heavy (non-hydrogen) atoms. The first-order chi connectivity index (χ1) is 20.5. The molecule has 1 amide bonds. The van der Waals surface area contributed by atoms with Gasteiger partial charge in [-0.1, -0.05) is 78.3 Å². The molecule has 5 aromatic rings. The lowest BCUT2D eigenvalue weighted by Crippen LogP contribution is -2.34. The molecular weight excluding hydrogens is 562 g/mol. The van der Waals surface area contributed by atoms with Crippen LogP contribution in [0.25, 0.3) is 22.3 Å². The Morgan fingerprint density at radius 1 is 0.929 bits per heavy atom. The average molecular weight is 592 g/mol. The topological polar surface area (TPSA) is 66.1 Å². The van der Waals surface area contributed by atoms with Gasteiger partial charge in [0.2, 0.25) is 5.91 Å². The second-order valence-corrected chi connectivity index (χ2v) is 12.6. The number of aromatic amines is 1.